The van der Waals surface area contributed by atoms with Crippen molar-refractivity contribution in [2.45, 2.75) is 32.6 Å². The van der Waals surface area contributed by atoms with E-state index in [0.29, 0.717) is 26.0 Å². The van der Waals surface area contributed by atoms with Gasteiger partial charge in [-0.2, -0.15) is 0 Å². The Kier molecular flexibility index (Phi) is 8.08. The van der Waals surface area contributed by atoms with Crippen molar-refractivity contribution in [3.05, 3.63) is 35.3 Å². The van der Waals surface area contributed by atoms with Crippen molar-refractivity contribution in [2.75, 3.05) is 20.3 Å². The molecule has 0 aliphatic rings. The van der Waals surface area contributed by atoms with Crippen LogP contribution in [0.25, 0.3) is 10.6 Å². The zero-order chi connectivity index (χ0) is 18.8. The molecule has 2 aromatic rings. The fourth-order valence-corrected chi connectivity index (χ4v) is 3.16. The minimum Gasteiger partial charge on any atom is -0.494 e. The second-order valence-electron chi connectivity index (χ2n) is 5.66. The van der Waals surface area contributed by atoms with Crippen LogP contribution in [0.15, 0.2) is 29.6 Å². The van der Waals surface area contributed by atoms with Crippen LogP contribution in [0, 0.1) is 0 Å². The van der Waals surface area contributed by atoms with Crippen LogP contribution in [-0.4, -0.2) is 37.1 Å². The molecule has 0 spiro atoms. The Bertz CT molecular complexity index is 713. The van der Waals surface area contributed by atoms with Gasteiger partial charge in [-0.3, -0.25) is 9.59 Å². The second kappa shape index (κ2) is 10.6. The zero-order valence-electron chi connectivity index (χ0n) is 15.1. The maximum Gasteiger partial charge on any atom is 0.305 e. The molecule has 0 radical (unpaired) electrons. The van der Waals surface area contributed by atoms with Crippen LogP contribution < -0.4 is 10.1 Å². The van der Waals surface area contributed by atoms with Gasteiger partial charge in [0.15, 0.2) is 0 Å². The Hall–Kier alpha value is -2.41. The van der Waals surface area contributed by atoms with E-state index in [2.05, 4.69) is 15.0 Å². The molecule has 7 heteroatoms. The van der Waals surface area contributed by atoms with Gasteiger partial charge in [-0.25, -0.2) is 4.98 Å². The number of thiazole rings is 1. The molecule has 1 heterocycles. The van der Waals surface area contributed by atoms with E-state index in [0.717, 1.165) is 28.4 Å². The van der Waals surface area contributed by atoms with Crippen molar-refractivity contribution in [3.8, 4) is 16.3 Å². The summed E-state index contributed by atoms with van der Waals surface area (Å²) in [6.45, 7) is 3.13. The van der Waals surface area contributed by atoms with Crippen LogP contribution in [0.1, 0.15) is 31.9 Å². The van der Waals surface area contributed by atoms with E-state index in [9.17, 15) is 9.59 Å². The van der Waals surface area contributed by atoms with Gasteiger partial charge < -0.3 is 14.8 Å². The lowest BCUT2D eigenvalue weighted by Gasteiger charge is -2.04. The number of benzene rings is 1. The fourth-order valence-electron chi connectivity index (χ4n) is 2.33. The van der Waals surface area contributed by atoms with E-state index in [1.54, 1.807) is 0 Å². The minimum absolute atomic E-state index is 0.0633. The minimum atomic E-state index is -0.222. The van der Waals surface area contributed by atoms with Gasteiger partial charge in [0.05, 0.1) is 25.8 Å². The maximum absolute atomic E-state index is 12.0. The van der Waals surface area contributed by atoms with E-state index < -0.39 is 0 Å². The Morgan fingerprint density at radius 2 is 1.96 bits per heavy atom. The third-order valence-electron chi connectivity index (χ3n) is 3.66. The molecule has 1 amide bonds. The molecule has 26 heavy (non-hydrogen) atoms. The summed E-state index contributed by atoms with van der Waals surface area (Å²) in [6.07, 6.45) is 2.08. The number of carbonyl (C=O) groups excluding carboxylic acids is 2. The normalized spacial score (nSPS) is 10.4. The van der Waals surface area contributed by atoms with Crippen LogP contribution in [0.5, 0.6) is 5.75 Å². The van der Waals surface area contributed by atoms with Gasteiger partial charge in [0.2, 0.25) is 5.91 Å². The summed E-state index contributed by atoms with van der Waals surface area (Å²) in [7, 11) is 1.37. The van der Waals surface area contributed by atoms with Crippen LogP contribution >= 0.6 is 11.3 Å². The predicted octanol–water partition coefficient (Wildman–Crippen LogP) is 3.21. The Morgan fingerprint density at radius 1 is 1.19 bits per heavy atom. The molecular formula is C19H24N2O4S. The number of unbranched alkanes of at least 4 members (excludes halogenated alkanes) is 1. The van der Waals surface area contributed by atoms with Gasteiger partial charge in [0.25, 0.3) is 0 Å². The van der Waals surface area contributed by atoms with Crippen molar-refractivity contribution in [3.63, 3.8) is 0 Å². The summed E-state index contributed by atoms with van der Waals surface area (Å²) in [6, 6.07) is 7.77. The topological polar surface area (TPSA) is 77.5 Å². The Balaban J connectivity index is 1.76. The van der Waals surface area contributed by atoms with E-state index in [4.69, 9.17) is 4.74 Å². The molecule has 0 unspecified atom stereocenters. The number of nitrogens with one attached hydrogen (secondary N) is 1. The summed E-state index contributed by atoms with van der Waals surface area (Å²) >= 11 is 1.52. The van der Waals surface area contributed by atoms with Gasteiger partial charge in [-0.1, -0.05) is 0 Å². The molecule has 1 aromatic heterocycles. The quantitative estimate of drug-likeness (QED) is 0.509. The summed E-state index contributed by atoms with van der Waals surface area (Å²) in [4.78, 5) is 27.5. The molecule has 0 aliphatic carbocycles. The molecule has 0 saturated carbocycles. The Labute approximate surface area is 157 Å². The lowest BCUT2D eigenvalue weighted by Crippen LogP contribution is -2.26. The molecule has 6 nitrogen and oxygen atoms in total. The summed E-state index contributed by atoms with van der Waals surface area (Å²) < 4.78 is 10.0. The number of methoxy groups -OCH3 is 1. The van der Waals surface area contributed by atoms with Gasteiger partial charge in [-0.05, 0) is 44.0 Å². The Morgan fingerprint density at radius 3 is 2.65 bits per heavy atom. The number of hydrogen-bond acceptors (Lipinski definition) is 6. The number of ether oxygens (including phenoxy) is 2. The highest BCUT2D eigenvalue weighted by atomic mass is 32.1. The summed E-state index contributed by atoms with van der Waals surface area (Å²) in [5, 5.41) is 5.64. The number of carbonyl (C=O) groups is 2. The van der Waals surface area contributed by atoms with Crippen LogP contribution in [0.3, 0.4) is 0 Å². The molecule has 140 valence electrons. The molecular weight excluding hydrogens is 352 g/mol. The van der Waals surface area contributed by atoms with Crippen molar-refractivity contribution >= 4 is 23.2 Å². The number of aromatic nitrogens is 1. The first kappa shape index (κ1) is 19.9. The number of amides is 1. The molecule has 0 aliphatic heterocycles. The predicted molar refractivity (Wildman–Crippen MR) is 101 cm³/mol. The number of nitrogens with zero attached hydrogens (tertiary/aromatic N) is 1. The third-order valence-corrected chi connectivity index (χ3v) is 4.60. The number of rotatable bonds is 10. The first-order valence-corrected chi connectivity index (χ1v) is 9.51. The van der Waals surface area contributed by atoms with Crippen molar-refractivity contribution in [1.82, 2.24) is 10.3 Å². The fraction of sp³-hybridized carbons (Fsp3) is 0.421. The first-order chi connectivity index (χ1) is 12.6. The molecule has 1 aromatic carbocycles. The smallest absolute Gasteiger partial charge is 0.305 e. The van der Waals surface area contributed by atoms with Gasteiger partial charge in [0.1, 0.15) is 10.8 Å². The second-order valence-corrected chi connectivity index (χ2v) is 6.52. The zero-order valence-corrected chi connectivity index (χ0v) is 15.9. The number of esters is 1. The summed E-state index contributed by atoms with van der Waals surface area (Å²) in [5.74, 6) is 0.548. The van der Waals surface area contributed by atoms with Crippen molar-refractivity contribution in [2.24, 2.45) is 0 Å². The SMILES string of the molecule is CCOc1ccc(-c2nc(CC(=O)NCCCCC(=O)OC)cs2)cc1. The standard InChI is InChI=1S/C19H24N2O4S/c1-3-25-16-9-7-14(8-10-16)19-21-15(13-26-19)12-17(22)20-11-5-4-6-18(23)24-2/h7-10,13H,3-6,11-12H2,1-2H3,(H,20,22). The van der Waals surface area contributed by atoms with E-state index in [1.165, 1.54) is 18.4 Å². The monoisotopic (exact) mass is 376 g/mol. The molecule has 0 atom stereocenters. The molecule has 0 saturated heterocycles. The molecule has 2 rings (SSSR count). The lowest BCUT2D eigenvalue weighted by atomic mass is 10.2. The van der Waals surface area contributed by atoms with Crippen molar-refractivity contribution < 1.29 is 19.1 Å². The lowest BCUT2D eigenvalue weighted by molar-refractivity contribution is -0.140. The van der Waals surface area contributed by atoms with Gasteiger partial charge >= 0.3 is 5.97 Å². The van der Waals surface area contributed by atoms with Crippen molar-refractivity contribution in [1.29, 1.82) is 0 Å². The molecule has 0 bridgehead atoms. The first-order valence-electron chi connectivity index (χ1n) is 8.63. The van der Waals surface area contributed by atoms with Gasteiger partial charge in [-0.15, -0.1) is 11.3 Å². The maximum atomic E-state index is 12.0. The average Bonchev–Trinajstić information content (AvgIpc) is 3.10. The highest BCUT2D eigenvalue weighted by Gasteiger charge is 2.09. The highest BCUT2D eigenvalue weighted by molar-refractivity contribution is 7.13. The van der Waals surface area contributed by atoms with Crippen LogP contribution in [0.4, 0.5) is 0 Å². The van der Waals surface area contributed by atoms with Gasteiger partial charge in [0, 0.05) is 23.9 Å². The van der Waals surface area contributed by atoms with E-state index in [-0.39, 0.29) is 18.3 Å². The summed E-state index contributed by atoms with van der Waals surface area (Å²) in [5.41, 5.74) is 1.76. The largest absolute Gasteiger partial charge is 0.494 e. The highest BCUT2D eigenvalue weighted by Crippen LogP contribution is 2.25. The van der Waals surface area contributed by atoms with Crippen LogP contribution in [-0.2, 0) is 20.7 Å². The number of hydrogen-bond donors (Lipinski definition) is 1. The third kappa shape index (κ3) is 6.48. The van der Waals surface area contributed by atoms with Crippen LogP contribution in [0.2, 0.25) is 0 Å². The van der Waals surface area contributed by atoms with E-state index >= 15 is 0 Å². The molecule has 1 N–H and O–H groups in total. The average molecular weight is 376 g/mol. The van der Waals surface area contributed by atoms with E-state index in [1.807, 2.05) is 36.6 Å². The molecule has 0 fully saturated rings.